The van der Waals surface area contributed by atoms with E-state index in [2.05, 4.69) is 15.3 Å². The number of nitrogens with zero attached hydrogens (tertiary/aromatic N) is 4. The van der Waals surface area contributed by atoms with Crippen LogP contribution in [-0.2, 0) is 22.1 Å². The molecule has 2 amide bonds. The van der Waals surface area contributed by atoms with Crippen LogP contribution in [0.15, 0.2) is 82.6 Å². The lowest BCUT2D eigenvalue weighted by atomic mass is 10.1. The highest BCUT2D eigenvalue weighted by Gasteiger charge is 2.40. The molecule has 2 aliphatic rings. The monoisotopic (exact) mass is 786 g/mol. The molecule has 0 unspecified atom stereocenters. The van der Waals surface area contributed by atoms with E-state index < -0.39 is 78.3 Å². The lowest BCUT2D eigenvalue weighted by molar-refractivity contribution is -0.138. The van der Waals surface area contributed by atoms with Crippen LogP contribution in [0.3, 0.4) is 0 Å². The zero-order valence-electron chi connectivity index (χ0n) is 30.0. The summed E-state index contributed by atoms with van der Waals surface area (Å²) in [6.07, 6.45) is -6.06. The number of benzene rings is 2. The van der Waals surface area contributed by atoms with Crippen molar-refractivity contribution in [2.45, 2.75) is 82.1 Å². The van der Waals surface area contributed by atoms with Gasteiger partial charge in [0.1, 0.15) is 36.0 Å². The van der Waals surface area contributed by atoms with Gasteiger partial charge in [-0.15, -0.1) is 0 Å². The summed E-state index contributed by atoms with van der Waals surface area (Å²) in [5, 5.41) is 42.8. The lowest BCUT2D eigenvalue weighted by Gasteiger charge is -2.18. The van der Waals surface area contributed by atoms with E-state index in [9.17, 15) is 47.7 Å². The van der Waals surface area contributed by atoms with E-state index in [1.54, 1.807) is 36.5 Å². The van der Waals surface area contributed by atoms with Crippen molar-refractivity contribution in [1.29, 1.82) is 0 Å². The Kier molecular flexibility index (Phi) is 13.9. The quantitative estimate of drug-likeness (QED) is 0.129. The zero-order chi connectivity index (χ0) is 40.6. The highest BCUT2D eigenvalue weighted by atomic mass is 19.4. The van der Waals surface area contributed by atoms with Gasteiger partial charge in [0, 0.05) is 41.9 Å². The summed E-state index contributed by atoms with van der Waals surface area (Å²) in [4.78, 5) is 56.8. The van der Waals surface area contributed by atoms with Gasteiger partial charge in [-0.3, -0.25) is 18.7 Å². The third kappa shape index (κ3) is 10.1. The van der Waals surface area contributed by atoms with Gasteiger partial charge in [0.25, 0.3) is 11.8 Å². The first kappa shape index (κ1) is 41.8. The van der Waals surface area contributed by atoms with Gasteiger partial charge in [-0.2, -0.15) is 23.1 Å². The Bertz CT molecular complexity index is 2080. The molecule has 0 aliphatic carbocycles. The number of nitrogens with one attached hydrogen (secondary N) is 2. The number of alkyl halides is 3. The first-order valence-electron chi connectivity index (χ1n) is 17.7. The number of hydrogen-bond acceptors (Lipinski definition) is 12. The first-order valence-corrected chi connectivity index (χ1v) is 17.7. The number of halogens is 3. The van der Waals surface area contributed by atoms with E-state index in [0.717, 1.165) is 18.4 Å². The topological polar surface area (TPSA) is 227 Å². The van der Waals surface area contributed by atoms with Crippen LogP contribution in [0.2, 0.25) is 0 Å². The molecule has 0 bridgehead atoms. The number of aliphatic hydroxyl groups excluding tert-OH is 4. The van der Waals surface area contributed by atoms with Gasteiger partial charge in [0.05, 0.1) is 25.4 Å². The van der Waals surface area contributed by atoms with Crippen LogP contribution in [0, 0.1) is 0 Å². The smallest absolute Gasteiger partial charge is 0.394 e. The minimum absolute atomic E-state index is 0.0923. The zero-order valence-corrected chi connectivity index (χ0v) is 30.0. The predicted octanol–water partition coefficient (Wildman–Crippen LogP) is 2.63. The maximum Gasteiger partial charge on any atom is 0.421 e. The highest BCUT2D eigenvalue weighted by Crippen LogP contribution is 2.35. The number of unbranched alkanes of at least 4 members (excludes halogenated alkanes) is 1. The van der Waals surface area contributed by atoms with Gasteiger partial charge in [-0.25, -0.2) is 9.59 Å². The largest absolute Gasteiger partial charge is 0.421 e. The number of aliphatic hydroxyl groups is 4. The minimum atomic E-state index is -4.92. The van der Waals surface area contributed by atoms with Crippen LogP contribution in [0.4, 0.5) is 24.8 Å². The molecule has 2 fully saturated rings. The van der Waals surface area contributed by atoms with Gasteiger partial charge in [0.15, 0.2) is 5.82 Å². The van der Waals surface area contributed by atoms with Gasteiger partial charge in [-0.1, -0.05) is 49.7 Å². The molecular weight excluding hydrogens is 745 g/mol. The van der Waals surface area contributed by atoms with Crippen LogP contribution in [0.25, 0.3) is 0 Å². The molecule has 300 valence electrons. The molecular formula is C37H41F3N6O10. The van der Waals surface area contributed by atoms with Crippen molar-refractivity contribution in [3.8, 4) is 0 Å². The van der Waals surface area contributed by atoms with Crippen molar-refractivity contribution in [1.82, 2.24) is 19.1 Å². The van der Waals surface area contributed by atoms with Crippen LogP contribution >= 0.6 is 0 Å². The number of anilines is 2. The number of carbonyl (C=O) groups excluding carboxylic acids is 2. The summed E-state index contributed by atoms with van der Waals surface area (Å²) in [6, 6.07) is 16.2. The summed E-state index contributed by atoms with van der Waals surface area (Å²) in [6.45, 7) is 1.17. The van der Waals surface area contributed by atoms with Gasteiger partial charge in [-0.05, 0) is 37.1 Å². The molecule has 16 nitrogen and oxygen atoms in total. The third-order valence-electron chi connectivity index (χ3n) is 9.01. The summed E-state index contributed by atoms with van der Waals surface area (Å²) in [7, 11) is 0. The van der Waals surface area contributed by atoms with Crippen molar-refractivity contribution < 1.29 is 52.7 Å². The number of rotatable bonds is 11. The Morgan fingerprint density at radius 2 is 1.21 bits per heavy atom. The molecule has 4 heterocycles. The second kappa shape index (κ2) is 18.5. The summed E-state index contributed by atoms with van der Waals surface area (Å²) < 4.78 is 53.1. The van der Waals surface area contributed by atoms with Crippen LogP contribution in [0.5, 0.6) is 0 Å². The summed E-state index contributed by atoms with van der Waals surface area (Å²) >= 11 is 0. The van der Waals surface area contributed by atoms with E-state index in [0.29, 0.717) is 22.7 Å². The standard InChI is InChI=1S/C20H25N3O5.C17H16F3N3O5/c1-2-3-7-14-11-23(17-10-15(25)16(12-24)28-17)20(27)22-18(14)21-19(26)13-8-5-4-6-9-13;18-17(19,20)10-7-23(13-6-11(25)12(8-24)28-13)16(27)22-14(10)21-15(26)9-4-2-1-3-5-9/h4-6,8-9,11,15-17,24-25H,2-3,7,10,12H2,1H3,(H,21,22,26,27);1-5,7,11-13,24-25H,6,8H2,(H,21,22,26,27)/t15-,16+,17+;11-,12+,13+/m00/s1. The van der Waals surface area contributed by atoms with E-state index in [4.69, 9.17) is 14.6 Å². The maximum absolute atomic E-state index is 13.5. The number of hydrogen-bond donors (Lipinski definition) is 6. The molecule has 2 saturated heterocycles. The molecule has 0 radical (unpaired) electrons. The molecule has 6 atom stereocenters. The fourth-order valence-electron chi connectivity index (χ4n) is 5.99. The van der Waals surface area contributed by atoms with E-state index in [1.165, 1.54) is 28.8 Å². The van der Waals surface area contributed by atoms with Crippen molar-refractivity contribution in [3.63, 3.8) is 0 Å². The fraction of sp³-hybridized carbons (Fsp3) is 0.405. The Morgan fingerprint density at radius 1 is 0.768 bits per heavy atom. The van der Waals surface area contributed by atoms with Crippen molar-refractivity contribution in [2.24, 2.45) is 0 Å². The number of aromatic nitrogens is 4. The molecule has 2 aromatic heterocycles. The van der Waals surface area contributed by atoms with Crippen LogP contribution < -0.4 is 22.0 Å². The highest BCUT2D eigenvalue weighted by molar-refractivity contribution is 6.04. The molecule has 0 spiro atoms. The third-order valence-corrected chi connectivity index (χ3v) is 9.01. The van der Waals surface area contributed by atoms with Crippen molar-refractivity contribution in [2.75, 3.05) is 23.8 Å². The van der Waals surface area contributed by atoms with Crippen molar-refractivity contribution in [3.05, 3.63) is 116 Å². The van der Waals surface area contributed by atoms with E-state index in [-0.39, 0.29) is 36.7 Å². The number of carbonyl (C=O) groups is 2. The molecule has 0 saturated carbocycles. The van der Waals surface area contributed by atoms with Crippen LogP contribution in [-0.4, -0.2) is 89.0 Å². The van der Waals surface area contributed by atoms with E-state index >= 15 is 0 Å². The van der Waals surface area contributed by atoms with Gasteiger partial charge < -0.3 is 40.5 Å². The summed E-state index contributed by atoms with van der Waals surface area (Å²) in [5.41, 5.74) is -1.75. The van der Waals surface area contributed by atoms with E-state index in [1.807, 2.05) is 18.3 Å². The SMILES string of the molecule is CCCCc1cn([C@H]2C[C@H](O)[C@@H](CO)O2)c(=O)nc1NC(=O)c1ccccc1.O=C(Nc1nc(=O)n([C@H]2C[C@H](O)[C@@H](CO)O2)cc1C(F)(F)F)c1ccccc1. The molecule has 19 heteroatoms. The molecule has 2 aliphatic heterocycles. The number of aryl methyl sites for hydroxylation is 1. The average molecular weight is 787 g/mol. The average Bonchev–Trinajstić information content (AvgIpc) is 3.75. The number of ether oxygens (including phenoxy) is 2. The molecule has 56 heavy (non-hydrogen) atoms. The van der Waals surface area contributed by atoms with Gasteiger partial charge >= 0.3 is 17.6 Å². The lowest BCUT2D eigenvalue weighted by Crippen LogP contribution is -2.31. The Hall–Kier alpha value is -5.31. The molecule has 4 aromatic rings. The molecule has 6 rings (SSSR count). The molecule has 6 N–H and O–H groups in total. The maximum atomic E-state index is 13.5. The Balaban J connectivity index is 0.000000214. The Labute approximate surface area is 317 Å². The van der Waals surface area contributed by atoms with Crippen LogP contribution in [0.1, 0.15) is 76.9 Å². The van der Waals surface area contributed by atoms with Gasteiger partial charge in [0.2, 0.25) is 0 Å². The number of amides is 2. The predicted molar refractivity (Wildman–Crippen MR) is 193 cm³/mol. The second-order valence-corrected chi connectivity index (χ2v) is 13.0. The first-order chi connectivity index (χ1) is 26.7. The second-order valence-electron chi connectivity index (χ2n) is 13.0. The molecule has 2 aromatic carbocycles. The van der Waals surface area contributed by atoms with Crippen molar-refractivity contribution >= 4 is 23.5 Å². The Morgan fingerprint density at radius 3 is 1.64 bits per heavy atom. The normalized spacial score (nSPS) is 21.9. The minimum Gasteiger partial charge on any atom is -0.394 e. The summed E-state index contributed by atoms with van der Waals surface area (Å²) in [5.74, 6) is -1.89. The fourth-order valence-corrected chi connectivity index (χ4v) is 5.99.